The van der Waals surface area contributed by atoms with E-state index in [0.29, 0.717) is 25.5 Å². The monoisotopic (exact) mass is 222 g/mol. The van der Waals surface area contributed by atoms with Crippen LogP contribution in [0.3, 0.4) is 0 Å². The van der Waals surface area contributed by atoms with Gasteiger partial charge < -0.3 is 11.1 Å². The molecular weight excluding hydrogens is 204 g/mol. The summed E-state index contributed by atoms with van der Waals surface area (Å²) in [6, 6.07) is 5.50. The maximum Gasteiger partial charge on any atom is 0.234 e. The van der Waals surface area contributed by atoms with E-state index < -0.39 is 0 Å². The first-order chi connectivity index (χ1) is 7.61. The third-order valence-electron chi connectivity index (χ3n) is 2.05. The fraction of sp³-hybridized carbons (Fsp3) is 0.455. The molecule has 1 aromatic rings. The SMILES string of the molecule is CCNC(=O)CN(C)Cc1cccc(N)n1. The molecule has 3 N–H and O–H groups in total. The number of nitrogens with two attached hydrogens (primary N) is 1. The van der Waals surface area contributed by atoms with Crippen LogP contribution in [0.15, 0.2) is 18.2 Å². The van der Waals surface area contributed by atoms with Crippen molar-refractivity contribution in [1.82, 2.24) is 15.2 Å². The van der Waals surface area contributed by atoms with Gasteiger partial charge in [-0.1, -0.05) is 6.07 Å². The van der Waals surface area contributed by atoms with Gasteiger partial charge in [0.15, 0.2) is 0 Å². The van der Waals surface area contributed by atoms with Gasteiger partial charge in [0.25, 0.3) is 0 Å². The van der Waals surface area contributed by atoms with Gasteiger partial charge in [0.2, 0.25) is 5.91 Å². The Bertz CT molecular complexity index is 354. The second-order valence-electron chi connectivity index (χ2n) is 3.68. The third kappa shape index (κ3) is 4.27. The maximum atomic E-state index is 11.3. The number of nitrogen functional groups attached to an aromatic ring is 1. The normalized spacial score (nSPS) is 10.4. The van der Waals surface area contributed by atoms with E-state index in [9.17, 15) is 4.79 Å². The van der Waals surface area contributed by atoms with E-state index in [-0.39, 0.29) is 5.91 Å². The van der Waals surface area contributed by atoms with Gasteiger partial charge in [-0.2, -0.15) is 0 Å². The Morgan fingerprint density at radius 3 is 2.94 bits per heavy atom. The Morgan fingerprint density at radius 1 is 1.56 bits per heavy atom. The Labute approximate surface area is 95.7 Å². The number of aromatic nitrogens is 1. The van der Waals surface area contributed by atoms with Gasteiger partial charge in [-0.3, -0.25) is 9.69 Å². The van der Waals surface area contributed by atoms with Crippen molar-refractivity contribution in [2.45, 2.75) is 13.5 Å². The molecule has 88 valence electrons. The largest absolute Gasteiger partial charge is 0.384 e. The zero-order valence-electron chi connectivity index (χ0n) is 9.73. The summed E-state index contributed by atoms with van der Waals surface area (Å²) in [5, 5.41) is 2.75. The predicted molar refractivity (Wildman–Crippen MR) is 63.7 cm³/mol. The summed E-state index contributed by atoms with van der Waals surface area (Å²) < 4.78 is 0. The lowest BCUT2D eigenvalue weighted by Gasteiger charge is -2.15. The van der Waals surface area contributed by atoms with E-state index in [0.717, 1.165) is 5.69 Å². The van der Waals surface area contributed by atoms with Crippen LogP contribution in [-0.2, 0) is 11.3 Å². The molecule has 1 amide bonds. The van der Waals surface area contributed by atoms with Crippen LogP contribution in [-0.4, -0.2) is 35.9 Å². The van der Waals surface area contributed by atoms with Crippen molar-refractivity contribution in [2.24, 2.45) is 0 Å². The van der Waals surface area contributed by atoms with Gasteiger partial charge in [-0.05, 0) is 26.1 Å². The summed E-state index contributed by atoms with van der Waals surface area (Å²) >= 11 is 0. The van der Waals surface area contributed by atoms with Crippen molar-refractivity contribution in [3.63, 3.8) is 0 Å². The van der Waals surface area contributed by atoms with Crippen molar-refractivity contribution in [2.75, 3.05) is 25.9 Å². The summed E-state index contributed by atoms with van der Waals surface area (Å²) in [4.78, 5) is 17.4. The van der Waals surface area contributed by atoms with Crippen molar-refractivity contribution in [3.05, 3.63) is 23.9 Å². The Kier molecular flexibility index (Phi) is 4.72. The highest BCUT2D eigenvalue weighted by atomic mass is 16.1. The topological polar surface area (TPSA) is 71.2 Å². The quantitative estimate of drug-likeness (QED) is 0.748. The second-order valence-corrected chi connectivity index (χ2v) is 3.68. The standard InChI is InChI=1S/C11H18N4O/c1-3-13-11(16)8-15(2)7-9-5-4-6-10(12)14-9/h4-6H,3,7-8H2,1-2H3,(H2,12,14)(H,13,16). The van der Waals surface area contributed by atoms with E-state index in [1.54, 1.807) is 6.07 Å². The van der Waals surface area contributed by atoms with E-state index in [1.807, 2.05) is 31.0 Å². The number of carbonyl (C=O) groups is 1. The summed E-state index contributed by atoms with van der Waals surface area (Å²) in [5.41, 5.74) is 6.44. The zero-order valence-corrected chi connectivity index (χ0v) is 9.73. The molecule has 0 unspecified atom stereocenters. The molecule has 0 radical (unpaired) electrons. The fourth-order valence-corrected chi connectivity index (χ4v) is 1.42. The summed E-state index contributed by atoms with van der Waals surface area (Å²) in [5.74, 6) is 0.526. The highest BCUT2D eigenvalue weighted by Gasteiger charge is 2.06. The molecule has 0 saturated carbocycles. The van der Waals surface area contributed by atoms with E-state index in [1.165, 1.54) is 0 Å². The highest BCUT2D eigenvalue weighted by molar-refractivity contribution is 5.77. The van der Waals surface area contributed by atoms with Crippen LogP contribution >= 0.6 is 0 Å². The molecular formula is C11H18N4O. The Morgan fingerprint density at radius 2 is 2.31 bits per heavy atom. The first-order valence-corrected chi connectivity index (χ1v) is 5.28. The molecule has 0 aliphatic heterocycles. The van der Waals surface area contributed by atoms with Gasteiger partial charge in [0, 0.05) is 13.1 Å². The predicted octanol–water partition coefficient (Wildman–Crippen LogP) is 0.232. The van der Waals surface area contributed by atoms with Gasteiger partial charge in [0.1, 0.15) is 5.82 Å². The minimum absolute atomic E-state index is 0.0221. The molecule has 5 heteroatoms. The molecule has 0 atom stereocenters. The number of hydrogen-bond acceptors (Lipinski definition) is 4. The van der Waals surface area contributed by atoms with E-state index in [4.69, 9.17) is 5.73 Å². The molecule has 5 nitrogen and oxygen atoms in total. The molecule has 0 bridgehead atoms. The number of amides is 1. The lowest BCUT2D eigenvalue weighted by molar-refractivity contribution is -0.121. The lowest BCUT2D eigenvalue weighted by Crippen LogP contribution is -2.34. The molecule has 0 fully saturated rings. The molecule has 16 heavy (non-hydrogen) atoms. The molecule has 0 aromatic carbocycles. The molecule has 1 heterocycles. The van der Waals surface area contributed by atoms with E-state index in [2.05, 4.69) is 10.3 Å². The van der Waals surface area contributed by atoms with E-state index >= 15 is 0 Å². The number of rotatable bonds is 5. The number of carbonyl (C=O) groups excluding carboxylic acids is 1. The smallest absolute Gasteiger partial charge is 0.234 e. The van der Waals surface area contributed by atoms with Crippen LogP contribution in [0.1, 0.15) is 12.6 Å². The van der Waals surface area contributed by atoms with Gasteiger partial charge in [-0.15, -0.1) is 0 Å². The van der Waals surface area contributed by atoms with Crippen molar-refractivity contribution in [3.8, 4) is 0 Å². The summed E-state index contributed by atoms with van der Waals surface area (Å²) in [6.45, 7) is 3.53. The minimum atomic E-state index is 0.0221. The number of likely N-dealkylation sites (N-methyl/N-ethyl adjacent to an activating group) is 2. The lowest BCUT2D eigenvalue weighted by atomic mass is 10.3. The van der Waals surface area contributed by atoms with Crippen molar-refractivity contribution in [1.29, 1.82) is 0 Å². The number of anilines is 1. The second kappa shape index (κ2) is 6.07. The van der Waals surface area contributed by atoms with Crippen LogP contribution in [0.2, 0.25) is 0 Å². The van der Waals surface area contributed by atoms with Crippen LogP contribution in [0, 0.1) is 0 Å². The average molecular weight is 222 g/mol. The number of nitrogens with one attached hydrogen (secondary N) is 1. The van der Waals surface area contributed by atoms with Crippen LogP contribution in [0.4, 0.5) is 5.82 Å². The molecule has 1 rings (SSSR count). The van der Waals surface area contributed by atoms with Crippen molar-refractivity contribution < 1.29 is 4.79 Å². The fourth-order valence-electron chi connectivity index (χ4n) is 1.42. The Balaban J connectivity index is 2.45. The van der Waals surface area contributed by atoms with Crippen LogP contribution in [0.5, 0.6) is 0 Å². The molecule has 1 aromatic heterocycles. The summed E-state index contributed by atoms with van der Waals surface area (Å²) in [7, 11) is 1.88. The minimum Gasteiger partial charge on any atom is -0.384 e. The third-order valence-corrected chi connectivity index (χ3v) is 2.05. The molecule has 0 aliphatic carbocycles. The Hall–Kier alpha value is -1.62. The van der Waals surface area contributed by atoms with Crippen LogP contribution in [0.25, 0.3) is 0 Å². The molecule has 0 aliphatic rings. The van der Waals surface area contributed by atoms with Crippen molar-refractivity contribution >= 4 is 11.7 Å². The van der Waals surface area contributed by atoms with Crippen LogP contribution < -0.4 is 11.1 Å². The first-order valence-electron chi connectivity index (χ1n) is 5.28. The number of hydrogen-bond donors (Lipinski definition) is 2. The zero-order chi connectivity index (χ0) is 12.0. The van der Waals surface area contributed by atoms with Gasteiger partial charge in [0.05, 0.1) is 12.2 Å². The maximum absolute atomic E-state index is 11.3. The molecule has 0 spiro atoms. The number of nitrogens with zero attached hydrogens (tertiary/aromatic N) is 2. The molecule has 0 saturated heterocycles. The summed E-state index contributed by atoms with van der Waals surface area (Å²) in [6.07, 6.45) is 0. The first kappa shape index (κ1) is 12.4. The average Bonchev–Trinajstić information content (AvgIpc) is 2.17. The van der Waals surface area contributed by atoms with Gasteiger partial charge in [-0.25, -0.2) is 4.98 Å². The number of pyridine rings is 1. The van der Waals surface area contributed by atoms with Gasteiger partial charge >= 0.3 is 0 Å². The highest BCUT2D eigenvalue weighted by Crippen LogP contribution is 2.02.